The number of ether oxygens (including phenoxy) is 1. The minimum Gasteiger partial charge on any atom is -0.477 e. The minimum absolute atomic E-state index is 0.698. The van der Waals surface area contributed by atoms with Crippen LogP contribution in [0.4, 0.5) is 0 Å². The normalized spacial score (nSPS) is 10.6. The Bertz CT molecular complexity index is 279. The quantitative estimate of drug-likeness (QED) is 0.620. The van der Waals surface area contributed by atoms with Crippen LogP contribution in [0.25, 0.3) is 0 Å². The molecule has 0 saturated heterocycles. The molecule has 0 aromatic carbocycles. The van der Waals surface area contributed by atoms with Gasteiger partial charge in [0, 0.05) is 6.20 Å². The number of nitrogens with zero attached hydrogens (tertiary/aromatic N) is 2. The Morgan fingerprint density at radius 2 is 2.29 bits per heavy atom. The molecular formula is C10H15IN2O. The molecule has 0 aliphatic rings. The summed E-state index contributed by atoms with van der Waals surface area (Å²) in [5.74, 6) is 1.44. The fourth-order valence-electron chi connectivity index (χ4n) is 1.07. The molecule has 0 radical (unpaired) electrons. The summed E-state index contributed by atoms with van der Waals surface area (Å²) >= 11 is 2.18. The van der Waals surface area contributed by atoms with E-state index in [-0.39, 0.29) is 0 Å². The van der Waals surface area contributed by atoms with Crippen LogP contribution in [0, 0.1) is 9.49 Å². The highest BCUT2D eigenvalue weighted by Crippen LogP contribution is 2.15. The lowest BCUT2D eigenvalue weighted by atomic mass is 10.1. The standard InChI is InChI=1S/C10H15IN2O/c1-8(2)4-3-5-14-10-9(11)6-12-7-13-10/h6-8H,3-5H2,1-2H3. The molecule has 1 aromatic rings. The van der Waals surface area contributed by atoms with Gasteiger partial charge in [-0.25, -0.2) is 9.97 Å². The van der Waals surface area contributed by atoms with Gasteiger partial charge < -0.3 is 4.74 Å². The Morgan fingerprint density at radius 3 is 2.93 bits per heavy atom. The molecule has 0 amide bonds. The summed E-state index contributed by atoms with van der Waals surface area (Å²) in [7, 11) is 0. The SMILES string of the molecule is CC(C)CCCOc1ncncc1I. The van der Waals surface area contributed by atoms with Gasteiger partial charge >= 0.3 is 0 Å². The van der Waals surface area contributed by atoms with E-state index in [1.165, 1.54) is 12.7 Å². The maximum absolute atomic E-state index is 5.53. The molecule has 0 aliphatic carbocycles. The predicted octanol–water partition coefficient (Wildman–Crippen LogP) is 2.90. The first kappa shape index (κ1) is 11.7. The monoisotopic (exact) mass is 306 g/mol. The number of hydrogen-bond donors (Lipinski definition) is 0. The summed E-state index contributed by atoms with van der Waals surface area (Å²) in [5, 5.41) is 0. The van der Waals surface area contributed by atoms with Gasteiger partial charge in [-0.1, -0.05) is 13.8 Å². The van der Waals surface area contributed by atoms with E-state index in [2.05, 4.69) is 46.4 Å². The van der Waals surface area contributed by atoms with Gasteiger partial charge in [0.1, 0.15) is 6.33 Å². The van der Waals surface area contributed by atoms with Crippen molar-refractivity contribution in [3.05, 3.63) is 16.1 Å². The Balaban J connectivity index is 2.28. The lowest BCUT2D eigenvalue weighted by Gasteiger charge is -2.07. The third-order valence-electron chi connectivity index (χ3n) is 1.80. The molecule has 0 atom stereocenters. The van der Waals surface area contributed by atoms with E-state index in [0.29, 0.717) is 5.88 Å². The molecule has 1 rings (SSSR count). The van der Waals surface area contributed by atoms with Crippen molar-refractivity contribution < 1.29 is 4.74 Å². The first-order chi connectivity index (χ1) is 6.70. The highest BCUT2D eigenvalue weighted by molar-refractivity contribution is 14.1. The summed E-state index contributed by atoms with van der Waals surface area (Å²) < 4.78 is 6.50. The Labute approximate surface area is 98.4 Å². The topological polar surface area (TPSA) is 35.0 Å². The van der Waals surface area contributed by atoms with Crippen molar-refractivity contribution in [1.82, 2.24) is 9.97 Å². The number of hydrogen-bond acceptors (Lipinski definition) is 3. The molecule has 0 fully saturated rings. The van der Waals surface area contributed by atoms with E-state index in [4.69, 9.17) is 4.74 Å². The van der Waals surface area contributed by atoms with Gasteiger partial charge in [-0.15, -0.1) is 0 Å². The molecule has 0 bridgehead atoms. The van der Waals surface area contributed by atoms with Crippen LogP contribution in [0.3, 0.4) is 0 Å². The number of rotatable bonds is 5. The van der Waals surface area contributed by atoms with E-state index >= 15 is 0 Å². The summed E-state index contributed by atoms with van der Waals surface area (Å²) in [4.78, 5) is 7.96. The van der Waals surface area contributed by atoms with E-state index in [1.54, 1.807) is 6.20 Å². The van der Waals surface area contributed by atoms with Crippen LogP contribution in [-0.2, 0) is 0 Å². The van der Waals surface area contributed by atoms with Gasteiger partial charge in [0.05, 0.1) is 10.2 Å². The van der Waals surface area contributed by atoms with Crippen molar-refractivity contribution >= 4 is 22.6 Å². The molecule has 0 saturated carbocycles. The average Bonchev–Trinajstić information content (AvgIpc) is 2.15. The van der Waals surface area contributed by atoms with Crippen molar-refractivity contribution in [2.75, 3.05) is 6.61 Å². The highest BCUT2D eigenvalue weighted by Gasteiger charge is 2.01. The van der Waals surface area contributed by atoms with E-state index in [9.17, 15) is 0 Å². The Kier molecular flexibility index (Phi) is 5.14. The van der Waals surface area contributed by atoms with Crippen molar-refractivity contribution in [2.45, 2.75) is 26.7 Å². The Morgan fingerprint density at radius 1 is 1.50 bits per heavy atom. The second-order valence-corrected chi connectivity index (χ2v) is 4.72. The largest absolute Gasteiger partial charge is 0.477 e. The molecule has 0 N–H and O–H groups in total. The van der Waals surface area contributed by atoms with Crippen LogP contribution >= 0.6 is 22.6 Å². The fourth-order valence-corrected chi connectivity index (χ4v) is 1.52. The molecule has 14 heavy (non-hydrogen) atoms. The average molecular weight is 306 g/mol. The van der Waals surface area contributed by atoms with Crippen LogP contribution in [0.5, 0.6) is 5.88 Å². The maximum Gasteiger partial charge on any atom is 0.230 e. The fraction of sp³-hybridized carbons (Fsp3) is 0.600. The molecule has 4 heteroatoms. The van der Waals surface area contributed by atoms with E-state index in [0.717, 1.165) is 22.5 Å². The van der Waals surface area contributed by atoms with Crippen molar-refractivity contribution in [3.63, 3.8) is 0 Å². The second-order valence-electron chi connectivity index (χ2n) is 3.56. The number of halogens is 1. The molecule has 1 aromatic heterocycles. The smallest absolute Gasteiger partial charge is 0.230 e. The van der Waals surface area contributed by atoms with Gasteiger partial charge in [-0.2, -0.15) is 0 Å². The first-order valence-electron chi connectivity index (χ1n) is 4.78. The third-order valence-corrected chi connectivity index (χ3v) is 2.54. The summed E-state index contributed by atoms with van der Waals surface area (Å²) in [6, 6.07) is 0. The van der Waals surface area contributed by atoms with Crippen molar-refractivity contribution in [2.24, 2.45) is 5.92 Å². The first-order valence-corrected chi connectivity index (χ1v) is 5.86. The third kappa shape index (κ3) is 4.21. The minimum atomic E-state index is 0.698. The lowest BCUT2D eigenvalue weighted by molar-refractivity contribution is 0.284. The van der Waals surface area contributed by atoms with Crippen LogP contribution in [0.1, 0.15) is 26.7 Å². The van der Waals surface area contributed by atoms with E-state index < -0.39 is 0 Å². The Hall–Kier alpha value is -0.390. The summed E-state index contributed by atoms with van der Waals surface area (Å²) in [6.07, 6.45) is 5.55. The highest BCUT2D eigenvalue weighted by atomic mass is 127. The maximum atomic E-state index is 5.53. The van der Waals surface area contributed by atoms with Crippen LogP contribution < -0.4 is 4.74 Å². The van der Waals surface area contributed by atoms with Crippen LogP contribution in [0.2, 0.25) is 0 Å². The second kappa shape index (κ2) is 6.16. The van der Waals surface area contributed by atoms with Crippen LogP contribution in [0.15, 0.2) is 12.5 Å². The van der Waals surface area contributed by atoms with Crippen LogP contribution in [-0.4, -0.2) is 16.6 Å². The zero-order valence-corrected chi connectivity index (χ0v) is 10.7. The molecular weight excluding hydrogens is 291 g/mol. The van der Waals surface area contributed by atoms with Gasteiger partial charge in [-0.3, -0.25) is 0 Å². The lowest BCUT2D eigenvalue weighted by Crippen LogP contribution is -2.02. The van der Waals surface area contributed by atoms with Crippen molar-refractivity contribution in [1.29, 1.82) is 0 Å². The molecule has 0 aliphatic heterocycles. The zero-order valence-electron chi connectivity index (χ0n) is 8.53. The molecule has 0 unspecified atom stereocenters. The molecule has 3 nitrogen and oxygen atoms in total. The van der Waals surface area contributed by atoms with Gasteiger partial charge in [0.15, 0.2) is 0 Å². The summed E-state index contributed by atoms with van der Waals surface area (Å²) in [5.41, 5.74) is 0. The van der Waals surface area contributed by atoms with Crippen molar-refractivity contribution in [3.8, 4) is 5.88 Å². The molecule has 78 valence electrons. The molecule has 1 heterocycles. The summed E-state index contributed by atoms with van der Waals surface area (Å²) in [6.45, 7) is 5.17. The number of aromatic nitrogens is 2. The van der Waals surface area contributed by atoms with Gasteiger partial charge in [0.25, 0.3) is 0 Å². The molecule has 0 spiro atoms. The van der Waals surface area contributed by atoms with E-state index in [1.807, 2.05) is 0 Å². The van der Waals surface area contributed by atoms with Gasteiger partial charge in [-0.05, 0) is 41.4 Å². The zero-order chi connectivity index (χ0) is 10.4. The van der Waals surface area contributed by atoms with Gasteiger partial charge in [0.2, 0.25) is 5.88 Å². The predicted molar refractivity (Wildman–Crippen MR) is 64.3 cm³/mol.